The lowest BCUT2D eigenvalue weighted by atomic mass is 9.80. The molecule has 3 rings (SSSR count). The predicted molar refractivity (Wildman–Crippen MR) is 73.1 cm³/mol. The number of fused-ring (bicyclic) bond motifs is 2. The van der Waals surface area contributed by atoms with Crippen molar-refractivity contribution in [1.29, 1.82) is 5.26 Å². The Morgan fingerprint density at radius 3 is 2.37 bits per heavy atom. The molecule has 0 aromatic rings. The Bertz CT molecular complexity index is 390. The highest BCUT2D eigenvalue weighted by Crippen LogP contribution is 2.45. The summed E-state index contributed by atoms with van der Waals surface area (Å²) in [6, 6.07) is 2.72. The average Bonchev–Trinajstić information content (AvgIpc) is 2.94. The van der Waals surface area contributed by atoms with Crippen LogP contribution in [0.5, 0.6) is 0 Å². The Labute approximate surface area is 115 Å². The summed E-state index contributed by atoms with van der Waals surface area (Å²) in [6.07, 6.45) is 11.0. The van der Waals surface area contributed by atoms with Crippen molar-refractivity contribution < 1.29 is 4.79 Å². The molecule has 0 saturated heterocycles. The molecule has 3 atom stereocenters. The van der Waals surface area contributed by atoms with Crippen LogP contribution in [0, 0.1) is 28.6 Å². The van der Waals surface area contributed by atoms with Crippen molar-refractivity contribution in [2.75, 3.05) is 0 Å². The first kappa shape index (κ1) is 13.0. The van der Waals surface area contributed by atoms with Gasteiger partial charge in [0.25, 0.3) is 0 Å². The first-order valence-electron chi connectivity index (χ1n) is 7.96. The highest BCUT2D eigenvalue weighted by Gasteiger charge is 2.44. The van der Waals surface area contributed by atoms with Gasteiger partial charge >= 0.3 is 0 Å². The molecule has 19 heavy (non-hydrogen) atoms. The van der Waals surface area contributed by atoms with E-state index >= 15 is 0 Å². The fraction of sp³-hybridized carbons (Fsp3) is 0.875. The second-order valence-electron chi connectivity index (χ2n) is 6.86. The second kappa shape index (κ2) is 5.15. The van der Waals surface area contributed by atoms with E-state index in [-0.39, 0.29) is 5.91 Å². The molecule has 104 valence electrons. The number of hydrogen-bond acceptors (Lipinski definition) is 2. The van der Waals surface area contributed by atoms with Crippen molar-refractivity contribution in [1.82, 2.24) is 5.32 Å². The number of hydrogen-bond donors (Lipinski definition) is 1. The Balaban J connectivity index is 1.66. The fourth-order valence-electron chi connectivity index (χ4n) is 4.45. The van der Waals surface area contributed by atoms with E-state index in [4.69, 9.17) is 0 Å². The van der Waals surface area contributed by atoms with Gasteiger partial charge in [-0.15, -0.1) is 0 Å². The van der Waals surface area contributed by atoms with E-state index in [0.29, 0.717) is 12.0 Å². The molecule has 2 bridgehead atoms. The van der Waals surface area contributed by atoms with Crippen LogP contribution in [0.4, 0.5) is 0 Å². The van der Waals surface area contributed by atoms with Crippen LogP contribution in [0.2, 0.25) is 0 Å². The van der Waals surface area contributed by atoms with E-state index in [9.17, 15) is 10.1 Å². The molecule has 0 radical (unpaired) electrons. The van der Waals surface area contributed by atoms with Gasteiger partial charge in [0.05, 0.1) is 6.07 Å². The largest absolute Gasteiger partial charge is 0.352 e. The van der Waals surface area contributed by atoms with Gasteiger partial charge in [0.2, 0.25) is 5.91 Å². The predicted octanol–water partition coefficient (Wildman–Crippen LogP) is 3.16. The third-order valence-corrected chi connectivity index (χ3v) is 5.66. The lowest BCUT2D eigenvalue weighted by Crippen LogP contribution is -2.46. The quantitative estimate of drug-likeness (QED) is 0.775. The number of amides is 1. The maximum atomic E-state index is 12.6. The number of nitrogens with zero attached hydrogens (tertiary/aromatic N) is 1. The van der Waals surface area contributed by atoms with Crippen LogP contribution < -0.4 is 5.32 Å². The molecule has 0 aliphatic heterocycles. The van der Waals surface area contributed by atoms with Crippen molar-refractivity contribution >= 4 is 5.91 Å². The van der Waals surface area contributed by atoms with Crippen LogP contribution >= 0.6 is 0 Å². The molecule has 0 aromatic heterocycles. The van der Waals surface area contributed by atoms with Crippen LogP contribution in [0.1, 0.15) is 64.2 Å². The fourth-order valence-corrected chi connectivity index (χ4v) is 4.45. The highest BCUT2D eigenvalue weighted by atomic mass is 16.2. The summed E-state index contributed by atoms with van der Waals surface area (Å²) in [4.78, 5) is 12.6. The molecule has 3 unspecified atom stereocenters. The molecule has 3 aliphatic rings. The van der Waals surface area contributed by atoms with Gasteiger partial charge in [-0.25, -0.2) is 0 Å². The topological polar surface area (TPSA) is 52.9 Å². The van der Waals surface area contributed by atoms with Gasteiger partial charge in [0, 0.05) is 6.04 Å². The minimum absolute atomic E-state index is 0.0365. The Morgan fingerprint density at radius 1 is 1.11 bits per heavy atom. The number of carbonyl (C=O) groups excluding carboxylic acids is 1. The van der Waals surface area contributed by atoms with Crippen molar-refractivity contribution in [3.05, 3.63) is 0 Å². The van der Waals surface area contributed by atoms with Gasteiger partial charge in [-0.05, 0) is 43.9 Å². The molecule has 3 aliphatic carbocycles. The van der Waals surface area contributed by atoms with Gasteiger partial charge < -0.3 is 5.32 Å². The molecule has 1 N–H and O–H groups in total. The highest BCUT2D eigenvalue weighted by molar-refractivity contribution is 5.85. The van der Waals surface area contributed by atoms with Gasteiger partial charge in [0.15, 0.2) is 0 Å². The lowest BCUT2D eigenvalue weighted by Gasteiger charge is -2.29. The normalized spacial score (nSPS) is 36.5. The van der Waals surface area contributed by atoms with Gasteiger partial charge in [-0.3, -0.25) is 4.79 Å². The molecule has 0 heterocycles. The van der Waals surface area contributed by atoms with Crippen molar-refractivity contribution in [3.63, 3.8) is 0 Å². The van der Waals surface area contributed by atoms with Crippen molar-refractivity contribution in [2.45, 2.75) is 70.3 Å². The number of carbonyl (C=O) groups is 1. The molecular formula is C16H24N2O. The van der Waals surface area contributed by atoms with Crippen LogP contribution in [0.15, 0.2) is 0 Å². The first-order chi connectivity index (χ1) is 9.23. The molecule has 3 heteroatoms. The SMILES string of the molecule is N#CC1(C(=O)NC2CC3CCC2C3)CCCCCC1. The van der Waals surface area contributed by atoms with E-state index < -0.39 is 5.41 Å². The van der Waals surface area contributed by atoms with Gasteiger partial charge in [0.1, 0.15) is 5.41 Å². The average molecular weight is 260 g/mol. The zero-order valence-electron chi connectivity index (χ0n) is 11.7. The Morgan fingerprint density at radius 2 is 1.84 bits per heavy atom. The second-order valence-corrected chi connectivity index (χ2v) is 6.86. The minimum atomic E-state index is -0.724. The Hall–Kier alpha value is -1.04. The van der Waals surface area contributed by atoms with Crippen molar-refractivity contribution in [2.24, 2.45) is 17.3 Å². The van der Waals surface area contributed by atoms with Crippen LogP contribution in [0.3, 0.4) is 0 Å². The zero-order valence-corrected chi connectivity index (χ0v) is 11.7. The van der Waals surface area contributed by atoms with Crippen LogP contribution in [-0.4, -0.2) is 11.9 Å². The number of nitrogens with one attached hydrogen (secondary N) is 1. The lowest BCUT2D eigenvalue weighted by molar-refractivity contribution is -0.129. The molecule has 3 saturated carbocycles. The van der Waals surface area contributed by atoms with Crippen LogP contribution in [-0.2, 0) is 4.79 Å². The van der Waals surface area contributed by atoms with Crippen molar-refractivity contribution in [3.8, 4) is 6.07 Å². The summed E-state index contributed by atoms with van der Waals surface area (Å²) in [5.41, 5.74) is -0.724. The molecule has 3 fully saturated rings. The maximum Gasteiger partial charge on any atom is 0.240 e. The third kappa shape index (κ3) is 2.38. The summed E-state index contributed by atoms with van der Waals surface area (Å²) in [5.74, 6) is 1.56. The molecule has 0 spiro atoms. The standard InChI is InChI=1S/C16H24N2O/c17-11-16(7-3-1-2-4-8-16)15(19)18-14-10-12-5-6-13(14)9-12/h12-14H,1-10H2,(H,18,19). The zero-order chi connectivity index (χ0) is 13.3. The maximum absolute atomic E-state index is 12.6. The summed E-state index contributed by atoms with van der Waals surface area (Å²) in [5, 5.41) is 12.8. The van der Waals surface area contributed by atoms with Gasteiger partial charge in [-0.1, -0.05) is 32.1 Å². The molecule has 1 amide bonds. The Kier molecular flexibility index (Phi) is 3.52. The summed E-state index contributed by atoms with van der Waals surface area (Å²) >= 11 is 0. The summed E-state index contributed by atoms with van der Waals surface area (Å²) in [6.45, 7) is 0. The molecule has 3 nitrogen and oxygen atoms in total. The molecular weight excluding hydrogens is 236 g/mol. The van der Waals surface area contributed by atoms with E-state index in [1.165, 1.54) is 32.1 Å². The smallest absolute Gasteiger partial charge is 0.240 e. The van der Waals surface area contributed by atoms with E-state index in [2.05, 4.69) is 11.4 Å². The molecule has 0 aromatic carbocycles. The number of rotatable bonds is 2. The minimum Gasteiger partial charge on any atom is -0.352 e. The third-order valence-electron chi connectivity index (χ3n) is 5.66. The first-order valence-corrected chi connectivity index (χ1v) is 7.96. The van der Waals surface area contributed by atoms with E-state index in [1.807, 2.05) is 0 Å². The van der Waals surface area contributed by atoms with Gasteiger partial charge in [-0.2, -0.15) is 5.26 Å². The van der Waals surface area contributed by atoms with Crippen LogP contribution in [0.25, 0.3) is 0 Å². The summed E-state index contributed by atoms with van der Waals surface area (Å²) < 4.78 is 0. The van der Waals surface area contributed by atoms with E-state index in [0.717, 1.165) is 38.0 Å². The number of nitriles is 1. The summed E-state index contributed by atoms with van der Waals surface area (Å²) in [7, 11) is 0. The monoisotopic (exact) mass is 260 g/mol. The van der Waals surface area contributed by atoms with E-state index in [1.54, 1.807) is 0 Å².